The molecule has 0 spiro atoms. The molecular weight excluding hydrogens is 336 g/mol. The second-order valence-corrected chi connectivity index (χ2v) is 10.3. The van der Waals surface area contributed by atoms with Gasteiger partial charge in [0.1, 0.15) is 0 Å². The van der Waals surface area contributed by atoms with Gasteiger partial charge in [0.25, 0.3) is 0 Å². The largest absolute Gasteiger partial charge is 0.244 e. The Morgan fingerprint density at radius 1 is 1.09 bits per heavy atom. The second-order valence-electron chi connectivity index (χ2n) is 6.49. The molecule has 0 amide bonds. The van der Waals surface area contributed by atoms with E-state index < -0.39 is 32.3 Å². The first-order chi connectivity index (χ1) is 10.5. The Labute approximate surface area is 139 Å². The molecule has 0 bridgehead atoms. The lowest BCUT2D eigenvalue weighted by molar-refractivity contribution is 0.209. The Bertz CT molecular complexity index is 770. The van der Waals surface area contributed by atoms with Crippen molar-refractivity contribution in [3.05, 3.63) is 29.8 Å². The van der Waals surface area contributed by atoms with Crippen LogP contribution in [0.3, 0.4) is 0 Å². The van der Waals surface area contributed by atoms with Crippen molar-refractivity contribution in [2.75, 3.05) is 12.8 Å². The van der Waals surface area contributed by atoms with E-state index in [0.29, 0.717) is 0 Å². The molecule has 2 rings (SSSR count). The van der Waals surface area contributed by atoms with Crippen LogP contribution in [0, 0.1) is 12.8 Å². The van der Waals surface area contributed by atoms with Gasteiger partial charge in [-0.2, -0.15) is 8.61 Å². The van der Waals surface area contributed by atoms with Gasteiger partial charge in [0, 0.05) is 12.6 Å². The third-order valence-electron chi connectivity index (χ3n) is 4.04. The molecular formula is C15H24N2O4S2. The van der Waals surface area contributed by atoms with Crippen LogP contribution in [-0.2, 0) is 20.0 Å². The third-order valence-corrected chi connectivity index (χ3v) is 7.23. The molecule has 1 aliphatic rings. The van der Waals surface area contributed by atoms with Crippen molar-refractivity contribution in [2.45, 2.75) is 44.8 Å². The summed E-state index contributed by atoms with van der Waals surface area (Å²) in [4.78, 5) is 0.191. The zero-order chi connectivity index (χ0) is 17.6. The summed E-state index contributed by atoms with van der Waals surface area (Å²) in [6.45, 7) is 7.45. The van der Waals surface area contributed by atoms with Crippen LogP contribution in [0.15, 0.2) is 29.2 Å². The first-order valence-electron chi connectivity index (χ1n) is 7.53. The summed E-state index contributed by atoms with van der Waals surface area (Å²) in [5.74, 6) is -0.158. The molecule has 1 aromatic rings. The Balaban J connectivity index is 2.51. The minimum absolute atomic E-state index is 0.158. The minimum Gasteiger partial charge on any atom is -0.212 e. The number of nitrogens with zero attached hydrogens (tertiary/aromatic N) is 2. The van der Waals surface area contributed by atoms with Gasteiger partial charge in [-0.15, -0.1) is 0 Å². The van der Waals surface area contributed by atoms with Crippen LogP contribution in [0.25, 0.3) is 0 Å². The molecule has 0 N–H and O–H groups in total. The fourth-order valence-corrected chi connectivity index (χ4v) is 6.39. The molecule has 1 saturated heterocycles. The van der Waals surface area contributed by atoms with Gasteiger partial charge >= 0.3 is 0 Å². The van der Waals surface area contributed by atoms with Crippen LogP contribution in [0.4, 0.5) is 0 Å². The summed E-state index contributed by atoms with van der Waals surface area (Å²) in [6.07, 6.45) is 0.423. The van der Waals surface area contributed by atoms with E-state index in [9.17, 15) is 16.8 Å². The van der Waals surface area contributed by atoms with E-state index >= 15 is 0 Å². The summed E-state index contributed by atoms with van der Waals surface area (Å²) in [6, 6.07) is 6.22. The maximum Gasteiger partial charge on any atom is 0.244 e. The van der Waals surface area contributed by atoms with E-state index in [-0.39, 0.29) is 17.4 Å². The van der Waals surface area contributed by atoms with Crippen molar-refractivity contribution >= 4 is 20.0 Å². The number of hydrogen-bond acceptors (Lipinski definition) is 4. The highest BCUT2D eigenvalue weighted by atomic mass is 32.2. The molecule has 1 fully saturated rings. The highest BCUT2D eigenvalue weighted by Crippen LogP contribution is 2.33. The third kappa shape index (κ3) is 3.45. The highest BCUT2D eigenvalue weighted by Gasteiger charge is 2.49. The Morgan fingerprint density at radius 3 is 2.04 bits per heavy atom. The predicted molar refractivity (Wildman–Crippen MR) is 89.8 cm³/mol. The van der Waals surface area contributed by atoms with Crippen molar-refractivity contribution in [3.63, 3.8) is 0 Å². The summed E-state index contributed by atoms with van der Waals surface area (Å²) >= 11 is 0. The summed E-state index contributed by atoms with van der Waals surface area (Å²) < 4.78 is 52.8. The van der Waals surface area contributed by atoms with Gasteiger partial charge in [0.2, 0.25) is 20.0 Å². The van der Waals surface area contributed by atoms with Gasteiger partial charge in [-0.1, -0.05) is 31.5 Å². The van der Waals surface area contributed by atoms with Crippen LogP contribution >= 0.6 is 0 Å². The molecule has 0 aliphatic carbocycles. The maximum absolute atomic E-state index is 13.0. The first-order valence-corrected chi connectivity index (χ1v) is 10.8. The Kier molecular flexibility index (Phi) is 4.92. The predicted octanol–water partition coefficient (Wildman–Crippen LogP) is 1.63. The van der Waals surface area contributed by atoms with Crippen LogP contribution in [0.2, 0.25) is 0 Å². The Hall–Kier alpha value is -0.960. The average Bonchev–Trinajstić information content (AvgIpc) is 2.77. The molecule has 130 valence electrons. The molecule has 0 radical (unpaired) electrons. The van der Waals surface area contributed by atoms with E-state index in [1.165, 1.54) is 8.61 Å². The fraction of sp³-hybridized carbons (Fsp3) is 0.600. The number of aryl methyl sites for hydroxylation is 1. The van der Waals surface area contributed by atoms with Crippen molar-refractivity contribution < 1.29 is 16.8 Å². The maximum atomic E-state index is 13.0. The summed E-state index contributed by atoms with van der Waals surface area (Å²) in [7, 11) is -7.25. The van der Waals surface area contributed by atoms with Crippen LogP contribution < -0.4 is 0 Å². The molecule has 2 unspecified atom stereocenters. The summed E-state index contributed by atoms with van der Waals surface area (Å²) in [5.41, 5.74) is 0.969. The highest BCUT2D eigenvalue weighted by molar-refractivity contribution is 7.89. The first kappa shape index (κ1) is 18.4. The van der Waals surface area contributed by atoms with Crippen LogP contribution in [0.5, 0.6) is 0 Å². The molecule has 6 nitrogen and oxygen atoms in total. The molecule has 2 atom stereocenters. The molecule has 23 heavy (non-hydrogen) atoms. The molecule has 0 aromatic heterocycles. The van der Waals surface area contributed by atoms with E-state index in [1.807, 2.05) is 20.8 Å². The molecule has 1 aromatic carbocycles. The number of sulfonamides is 2. The smallest absolute Gasteiger partial charge is 0.212 e. The van der Waals surface area contributed by atoms with Crippen molar-refractivity contribution in [1.82, 2.24) is 8.61 Å². The van der Waals surface area contributed by atoms with Crippen LogP contribution in [-0.4, -0.2) is 50.5 Å². The van der Waals surface area contributed by atoms with Gasteiger partial charge in [0.15, 0.2) is 0 Å². The Morgan fingerprint density at radius 2 is 1.61 bits per heavy atom. The second kappa shape index (κ2) is 6.16. The lowest BCUT2D eigenvalue weighted by Crippen LogP contribution is -2.48. The topological polar surface area (TPSA) is 74.8 Å². The zero-order valence-electron chi connectivity index (χ0n) is 14.1. The molecule has 1 aliphatic heterocycles. The fourth-order valence-electron chi connectivity index (χ4n) is 3.07. The standard InChI is InChI=1S/C15H24N2O4S2/c1-11(2)15-16(10-13(4)17(15)22(5,18)19)23(20,21)14-8-6-12(3)7-9-14/h6-9,11,13,15H,10H2,1-5H3. The van der Waals surface area contributed by atoms with E-state index in [4.69, 9.17) is 0 Å². The van der Waals surface area contributed by atoms with Gasteiger partial charge in [-0.25, -0.2) is 16.8 Å². The normalized spacial score (nSPS) is 24.4. The van der Waals surface area contributed by atoms with Crippen molar-refractivity contribution in [3.8, 4) is 0 Å². The summed E-state index contributed by atoms with van der Waals surface area (Å²) in [5, 5.41) is 0. The lowest BCUT2D eigenvalue weighted by atomic mass is 10.2. The minimum atomic E-state index is -3.75. The van der Waals surface area contributed by atoms with E-state index in [0.717, 1.165) is 11.8 Å². The van der Waals surface area contributed by atoms with Crippen molar-refractivity contribution in [1.29, 1.82) is 0 Å². The number of rotatable bonds is 4. The SMILES string of the molecule is Cc1ccc(S(=O)(=O)N2CC(C)N(S(C)(=O)=O)C2C(C)C)cc1. The monoisotopic (exact) mass is 360 g/mol. The van der Waals surface area contributed by atoms with Crippen molar-refractivity contribution in [2.24, 2.45) is 5.92 Å². The average molecular weight is 361 g/mol. The number of benzene rings is 1. The van der Waals surface area contributed by atoms with Gasteiger partial charge in [-0.05, 0) is 31.9 Å². The lowest BCUT2D eigenvalue weighted by Gasteiger charge is -2.32. The number of hydrogen-bond donors (Lipinski definition) is 0. The molecule has 8 heteroatoms. The van der Waals surface area contributed by atoms with Gasteiger partial charge in [0.05, 0.1) is 17.3 Å². The zero-order valence-corrected chi connectivity index (χ0v) is 15.7. The molecule has 0 saturated carbocycles. The van der Waals surface area contributed by atoms with E-state index in [1.54, 1.807) is 31.2 Å². The quantitative estimate of drug-likeness (QED) is 0.818. The molecule has 1 heterocycles. The van der Waals surface area contributed by atoms with Crippen LogP contribution in [0.1, 0.15) is 26.3 Å². The van der Waals surface area contributed by atoms with Gasteiger partial charge < -0.3 is 0 Å². The van der Waals surface area contributed by atoms with Gasteiger partial charge in [-0.3, -0.25) is 0 Å². The van der Waals surface area contributed by atoms with E-state index in [2.05, 4.69) is 0 Å².